The van der Waals surface area contributed by atoms with Crippen LogP contribution < -0.4 is 9.47 Å². The Balaban J connectivity index is 1.60. The fourth-order valence-corrected chi connectivity index (χ4v) is 3.68. The van der Waals surface area contributed by atoms with Crippen LogP contribution in [0, 0.1) is 0 Å². The third-order valence-electron chi connectivity index (χ3n) is 4.46. The van der Waals surface area contributed by atoms with Crippen LogP contribution >= 0.6 is 11.3 Å². The maximum Gasteiger partial charge on any atom is 0.315 e. The second kappa shape index (κ2) is 12.5. The molecular weight excluding hydrogens is 436 g/mol. The molecule has 0 saturated heterocycles. The van der Waals surface area contributed by atoms with Crippen molar-refractivity contribution >= 4 is 23.3 Å². The summed E-state index contributed by atoms with van der Waals surface area (Å²) < 4.78 is 10.7. The molecule has 170 valence electrons. The van der Waals surface area contributed by atoms with Gasteiger partial charge in [0.25, 0.3) is 0 Å². The van der Waals surface area contributed by atoms with Crippen molar-refractivity contribution in [2.24, 2.45) is 0 Å². The quantitative estimate of drug-likeness (QED) is 0.197. The average molecular weight is 463 g/mol. The van der Waals surface area contributed by atoms with Gasteiger partial charge in [-0.2, -0.15) is 0 Å². The Morgan fingerprint density at radius 2 is 1.09 bits per heavy atom. The summed E-state index contributed by atoms with van der Waals surface area (Å²) in [6, 6.07) is 14.4. The molecule has 1 aromatic heterocycles. The standard InChI is InChI=1S/C26H26N2O4S/c1-3-5-7-9-23(29)31-21-15-11-19(12-16-21)25-27-28-26(33-25)20-13-17-22(18-14-20)32-24(30)10-8-6-4-2/h5-8,11-18H,3-4,9-10H2,1-2H3. The molecular formula is C26H26N2O4S. The summed E-state index contributed by atoms with van der Waals surface area (Å²) >= 11 is 1.45. The largest absolute Gasteiger partial charge is 0.426 e. The van der Waals surface area contributed by atoms with E-state index < -0.39 is 0 Å². The van der Waals surface area contributed by atoms with E-state index in [0.29, 0.717) is 11.5 Å². The lowest BCUT2D eigenvalue weighted by Crippen LogP contribution is -2.05. The fourth-order valence-electron chi connectivity index (χ4n) is 2.83. The van der Waals surface area contributed by atoms with Crippen molar-refractivity contribution in [3.63, 3.8) is 0 Å². The number of hydrogen-bond donors (Lipinski definition) is 0. The highest BCUT2D eigenvalue weighted by Crippen LogP contribution is 2.31. The number of hydrogen-bond acceptors (Lipinski definition) is 7. The normalized spacial score (nSPS) is 11.2. The number of carbonyl (C=O) groups excluding carboxylic acids is 2. The number of aromatic nitrogens is 2. The Labute approximate surface area is 197 Å². The van der Waals surface area contributed by atoms with Gasteiger partial charge in [0, 0.05) is 11.1 Å². The molecule has 0 fully saturated rings. The zero-order valence-electron chi connectivity index (χ0n) is 18.7. The Morgan fingerprint density at radius 1 is 0.697 bits per heavy atom. The maximum absolute atomic E-state index is 11.8. The number of rotatable bonds is 10. The van der Waals surface area contributed by atoms with Crippen molar-refractivity contribution < 1.29 is 19.1 Å². The molecule has 3 rings (SSSR count). The molecule has 0 saturated carbocycles. The molecule has 0 unspecified atom stereocenters. The molecule has 0 spiro atoms. The molecule has 0 aliphatic rings. The van der Waals surface area contributed by atoms with Crippen molar-refractivity contribution in [3.05, 3.63) is 72.8 Å². The minimum atomic E-state index is -0.294. The fraction of sp³-hybridized carbons (Fsp3) is 0.231. The summed E-state index contributed by atoms with van der Waals surface area (Å²) in [6.45, 7) is 4.03. The average Bonchev–Trinajstić information content (AvgIpc) is 3.31. The number of allylic oxidation sites excluding steroid dienone is 2. The van der Waals surface area contributed by atoms with Gasteiger partial charge in [-0.1, -0.05) is 49.5 Å². The summed E-state index contributed by atoms with van der Waals surface area (Å²) in [5.74, 6) is 0.400. The molecule has 0 amide bonds. The molecule has 6 nitrogen and oxygen atoms in total. The van der Waals surface area contributed by atoms with E-state index in [1.54, 1.807) is 36.4 Å². The molecule has 0 N–H and O–H groups in total. The molecule has 0 atom stereocenters. The summed E-state index contributed by atoms with van der Waals surface area (Å²) in [5, 5.41) is 10.1. The number of benzene rings is 2. The lowest BCUT2D eigenvalue weighted by atomic mass is 10.2. The smallest absolute Gasteiger partial charge is 0.315 e. The Hall–Kier alpha value is -3.58. The molecule has 0 radical (unpaired) electrons. The van der Waals surface area contributed by atoms with E-state index in [1.807, 2.05) is 50.3 Å². The molecule has 0 aliphatic heterocycles. The predicted molar refractivity (Wildman–Crippen MR) is 130 cm³/mol. The van der Waals surface area contributed by atoms with Crippen LogP contribution in [0.3, 0.4) is 0 Å². The van der Waals surface area contributed by atoms with Crippen LogP contribution in [0.5, 0.6) is 11.5 Å². The first-order valence-corrected chi connectivity index (χ1v) is 11.7. The van der Waals surface area contributed by atoms with Crippen LogP contribution in [0.2, 0.25) is 0 Å². The zero-order chi connectivity index (χ0) is 23.5. The van der Waals surface area contributed by atoms with Crippen molar-refractivity contribution in [3.8, 4) is 32.6 Å². The van der Waals surface area contributed by atoms with Gasteiger partial charge in [0.15, 0.2) is 0 Å². The van der Waals surface area contributed by atoms with E-state index in [0.717, 1.165) is 34.0 Å². The number of carbonyl (C=O) groups is 2. The molecule has 1 heterocycles. The van der Waals surface area contributed by atoms with Gasteiger partial charge in [-0.05, 0) is 61.4 Å². The van der Waals surface area contributed by atoms with E-state index in [2.05, 4.69) is 10.2 Å². The van der Waals surface area contributed by atoms with Crippen LogP contribution in [0.25, 0.3) is 21.1 Å². The van der Waals surface area contributed by atoms with Crippen LogP contribution in [-0.2, 0) is 9.59 Å². The van der Waals surface area contributed by atoms with Gasteiger partial charge in [0.1, 0.15) is 21.5 Å². The van der Waals surface area contributed by atoms with E-state index >= 15 is 0 Å². The first-order valence-electron chi connectivity index (χ1n) is 10.8. The van der Waals surface area contributed by atoms with E-state index in [-0.39, 0.29) is 24.8 Å². The summed E-state index contributed by atoms with van der Waals surface area (Å²) in [6.07, 6.45) is 9.77. The van der Waals surface area contributed by atoms with Gasteiger partial charge in [-0.25, -0.2) is 0 Å². The van der Waals surface area contributed by atoms with Crippen LogP contribution in [-0.4, -0.2) is 22.1 Å². The third-order valence-corrected chi connectivity index (χ3v) is 5.49. The van der Waals surface area contributed by atoms with Gasteiger partial charge in [-0.3, -0.25) is 9.59 Å². The van der Waals surface area contributed by atoms with Crippen LogP contribution in [0.15, 0.2) is 72.8 Å². The van der Waals surface area contributed by atoms with Gasteiger partial charge < -0.3 is 9.47 Å². The van der Waals surface area contributed by atoms with Crippen molar-refractivity contribution in [2.75, 3.05) is 0 Å². The van der Waals surface area contributed by atoms with E-state index in [1.165, 1.54) is 11.3 Å². The molecule has 0 aliphatic carbocycles. The first kappa shape index (κ1) is 24.1. The molecule has 7 heteroatoms. The predicted octanol–water partition coefficient (Wildman–Crippen LogP) is 6.40. The first-order chi connectivity index (χ1) is 16.1. The van der Waals surface area contributed by atoms with Gasteiger partial charge >= 0.3 is 11.9 Å². The van der Waals surface area contributed by atoms with Gasteiger partial charge in [0.05, 0.1) is 12.8 Å². The highest BCUT2D eigenvalue weighted by Gasteiger charge is 2.11. The number of esters is 2. The second-order valence-corrected chi connectivity index (χ2v) is 8.05. The van der Waals surface area contributed by atoms with Gasteiger partial charge in [0.2, 0.25) is 0 Å². The molecule has 33 heavy (non-hydrogen) atoms. The molecule has 3 aromatic rings. The van der Waals surface area contributed by atoms with E-state index in [4.69, 9.17) is 9.47 Å². The van der Waals surface area contributed by atoms with Crippen molar-refractivity contribution in [2.45, 2.75) is 39.5 Å². The highest BCUT2D eigenvalue weighted by atomic mass is 32.1. The lowest BCUT2D eigenvalue weighted by Gasteiger charge is -2.03. The monoisotopic (exact) mass is 462 g/mol. The third kappa shape index (κ3) is 7.50. The van der Waals surface area contributed by atoms with Crippen LogP contribution in [0.1, 0.15) is 39.5 Å². The van der Waals surface area contributed by atoms with Crippen molar-refractivity contribution in [1.82, 2.24) is 10.2 Å². The highest BCUT2D eigenvalue weighted by molar-refractivity contribution is 7.17. The molecule has 0 bridgehead atoms. The van der Waals surface area contributed by atoms with Crippen molar-refractivity contribution in [1.29, 1.82) is 0 Å². The number of ether oxygens (including phenoxy) is 2. The molecule has 2 aromatic carbocycles. The summed E-state index contributed by atoms with van der Waals surface area (Å²) in [4.78, 5) is 23.6. The summed E-state index contributed by atoms with van der Waals surface area (Å²) in [7, 11) is 0. The zero-order valence-corrected chi connectivity index (χ0v) is 19.5. The second-order valence-electron chi connectivity index (χ2n) is 7.08. The summed E-state index contributed by atoms with van der Waals surface area (Å²) in [5.41, 5.74) is 1.77. The SMILES string of the molecule is CCC=CCC(=O)Oc1ccc(-c2nnc(-c3ccc(OC(=O)CC=CCC)cc3)s2)cc1. The van der Waals surface area contributed by atoms with Crippen LogP contribution in [0.4, 0.5) is 0 Å². The Bertz CT molecular complexity index is 1030. The Kier molecular flexibility index (Phi) is 9.08. The lowest BCUT2D eigenvalue weighted by molar-refractivity contribution is -0.134. The topological polar surface area (TPSA) is 78.4 Å². The van der Waals surface area contributed by atoms with E-state index in [9.17, 15) is 9.59 Å². The minimum absolute atomic E-state index is 0.253. The van der Waals surface area contributed by atoms with Gasteiger partial charge in [-0.15, -0.1) is 10.2 Å². The Morgan fingerprint density at radius 3 is 1.45 bits per heavy atom. The number of nitrogens with zero attached hydrogens (tertiary/aromatic N) is 2. The maximum atomic E-state index is 11.8. The minimum Gasteiger partial charge on any atom is -0.426 e.